The number of nitrogens with zero attached hydrogens (tertiary/aromatic N) is 3. The number of carbonyl (C=O) groups is 1. The molecule has 1 aromatic carbocycles. The maximum atomic E-state index is 13.7. The number of halogens is 11. The minimum atomic E-state index is -5.85. The number of piperidine rings is 2. The number of carbonyl (C=O) groups excluding carboxylic acids is 1. The number of rotatable bonds is 6. The van der Waals surface area contributed by atoms with Crippen molar-refractivity contribution in [1.82, 2.24) is 9.80 Å². The van der Waals surface area contributed by atoms with Gasteiger partial charge in [0.25, 0.3) is 12.0 Å². The number of likely N-dealkylation sites (tertiary alicyclic amines) is 1. The fourth-order valence-corrected chi connectivity index (χ4v) is 5.11. The quantitative estimate of drug-likeness (QED) is 0.317. The van der Waals surface area contributed by atoms with Gasteiger partial charge in [-0.25, -0.2) is 13.6 Å². The molecule has 1 amide bonds. The van der Waals surface area contributed by atoms with E-state index >= 15 is 0 Å². The molecule has 234 valence electrons. The van der Waals surface area contributed by atoms with Crippen molar-refractivity contribution in [2.45, 2.75) is 82.2 Å². The molecule has 3 rings (SSSR count). The predicted molar refractivity (Wildman–Crippen MR) is 126 cm³/mol. The van der Waals surface area contributed by atoms with Crippen molar-refractivity contribution in [2.75, 3.05) is 37.6 Å². The van der Waals surface area contributed by atoms with Crippen molar-refractivity contribution in [1.29, 1.82) is 0 Å². The maximum absolute atomic E-state index is 13.7. The van der Waals surface area contributed by atoms with Gasteiger partial charge in [-0.2, -0.15) is 39.5 Å². The van der Waals surface area contributed by atoms with Crippen LogP contribution in [0.15, 0.2) is 18.2 Å². The smallest absolute Gasteiger partial charge is 0.426 e. The molecule has 0 aromatic heterocycles. The normalized spacial score (nSPS) is 20.1. The molecule has 0 bridgehead atoms. The van der Waals surface area contributed by atoms with Crippen molar-refractivity contribution >= 4 is 11.8 Å². The second-order valence-electron chi connectivity index (χ2n) is 10.5. The van der Waals surface area contributed by atoms with E-state index in [1.54, 1.807) is 13.8 Å². The summed E-state index contributed by atoms with van der Waals surface area (Å²) in [5.74, 6) is -2.92. The summed E-state index contributed by atoms with van der Waals surface area (Å²) in [6.07, 6.45) is -23.2. The molecule has 41 heavy (non-hydrogen) atoms. The van der Waals surface area contributed by atoms with E-state index in [1.165, 1.54) is 11.0 Å². The third kappa shape index (κ3) is 8.07. The Kier molecular flexibility index (Phi) is 9.36. The Morgan fingerprint density at radius 2 is 1.46 bits per heavy atom. The van der Waals surface area contributed by atoms with E-state index in [0.717, 1.165) is 17.0 Å². The van der Waals surface area contributed by atoms with Gasteiger partial charge in [0.05, 0.1) is 5.56 Å². The minimum Gasteiger partial charge on any atom is -0.426 e. The molecule has 2 aliphatic heterocycles. The zero-order valence-electron chi connectivity index (χ0n) is 22.2. The summed E-state index contributed by atoms with van der Waals surface area (Å²) < 4.78 is 148. The average molecular weight is 614 g/mol. The summed E-state index contributed by atoms with van der Waals surface area (Å²) in [5.41, 5.74) is -1.09. The molecule has 0 radical (unpaired) electrons. The Balaban J connectivity index is 1.76. The number of alkyl halides is 11. The number of hydrogen-bond donors (Lipinski definition) is 0. The Morgan fingerprint density at radius 3 is 1.93 bits per heavy atom. The first kappa shape index (κ1) is 33.0. The maximum Gasteiger partial charge on any atom is 0.434 e. The second kappa shape index (κ2) is 11.6. The molecule has 5 nitrogen and oxygen atoms in total. The summed E-state index contributed by atoms with van der Waals surface area (Å²) in [6.45, 7) is 3.20. The lowest BCUT2D eigenvalue weighted by Crippen LogP contribution is -2.55. The highest BCUT2D eigenvalue weighted by molar-refractivity contribution is 5.68. The SMILES string of the molecule is CCN(Cc1ccc(C(F)(F)F)cc1N1CCC(F)(F)CC1)C1(C)CCN(C(=O)OC(C(F)(F)F)C(F)(F)F)CC1. The van der Waals surface area contributed by atoms with E-state index in [9.17, 15) is 53.1 Å². The van der Waals surface area contributed by atoms with Crippen molar-refractivity contribution in [3.05, 3.63) is 29.3 Å². The van der Waals surface area contributed by atoms with Crippen LogP contribution in [0.5, 0.6) is 0 Å². The first-order valence-corrected chi connectivity index (χ1v) is 12.8. The molecular formula is C25H30F11N3O2. The lowest BCUT2D eigenvalue weighted by atomic mass is 9.87. The summed E-state index contributed by atoms with van der Waals surface area (Å²) in [5, 5.41) is 0. The van der Waals surface area contributed by atoms with E-state index < -0.39 is 60.6 Å². The van der Waals surface area contributed by atoms with Crippen LogP contribution in [0.25, 0.3) is 0 Å². The Labute approximate surface area is 229 Å². The summed E-state index contributed by atoms with van der Waals surface area (Å²) >= 11 is 0. The topological polar surface area (TPSA) is 36.0 Å². The molecular weight excluding hydrogens is 583 g/mol. The van der Waals surface area contributed by atoms with Gasteiger partial charge in [0.1, 0.15) is 0 Å². The van der Waals surface area contributed by atoms with Crippen LogP contribution in [-0.2, 0) is 17.5 Å². The van der Waals surface area contributed by atoms with Crippen LogP contribution in [0, 0.1) is 0 Å². The Morgan fingerprint density at radius 1 is 0.927 bits per heavy atom. The number of benzene rings is 1. The van der Waals surface area contributed by atoms with Crippen molar-refractivity contribution < 1.29 is 57.8 Å². The van der Waals surface area contributed by atoms with Crippen molar-refractivity contribution in [3.63, 3.8) is 0 Å². The molecule has 16 heteroatoms. The van der Waals surface area contributed by atoms with Gasteiger partial charge in [-0.3, -0.25) is 4.90 Å². The fourth-order valence-electron chi connectivity index (χ4n) is 5.11. The van der Waals surface area contributed by atoms with Gasteiger partial charge in [-0.05, 0) is 44.0 Å². The molecule has 1 aromatic rings. The largest absolute Gasteiger partial charge is 0.434 e. The summed E-state index contributed by atoms with van der Waals surface area (Å²) in [4.78, 5) is 16.3. The third-order valence-electron chi connectivity index (χ3n) is 7.67. The molecule has 0 unspecified atom stereocenters. The van der Waals surface area contributed by atoms with E-state index in [2.05, 4.69) is 4.74 Å². The monoisotopic (exact) mass is 613 g/mol. The first-order chi connectivity index (χ1) is 18.7. The van der Waals surface area contributed by atoms with Gasteiger partial charge in [0.2, 0.25) is 0 Å². The van der Waals surface area contributed by atoms with Crippen LogP contribution in [0.4, 0.5) is 58.8 Å². The Hall–Kier alpha value is -2.52. The molecule has 2 heterocycles. The average Bonchev–Trinajstić information content (AvgIpc) is 2.84. The van der Waals surface area contributed by atoms with E-state index in [-0.39, 0.29) is 51.3 Å². The van der Waals surface area contributed by atoms with E-state index in [0.29, 0.717) is 12.1 Å². The van der Waals surface area contributed by atoms with Gasteiger partial charge >= 0.3 is 24.6 Å². The highest BCUT2D eigenvalue weighted by Gasteiger charge is 2.60. The molecule has 0 saturated carbocycles. The third-order valence-corrected chi connectivity index (χ3v) is 7.67. The van der Waals surface area contributed by atoms with Gasteiger partial charge in [-0.1, -0.05) is 13.0 Å². The molecule has 2 aliphatic rings. The van der Waals surface area contributed by atoms with Crippen LogP contribution in [0.1, 0.15) is 50.7 Å². The molecule has 0 spiro atoms. The van der Waals surface area contributed by atoms with Gasteiger partial charge in [-0.15, -0.1) is 0 Å². The highest BCUT2D eigenvalue weighted by Crippen LogP contribution is 2.40. The molecule has 0 N–H and O–H groups in total. The zero-order valence-corrected chi connectivity index (χ0v) is 22.2. The van der Waals surface area contributed by atoms with E-state index in [4.69, 9.17) is 0 Å². The lowest BCUT2D eigenvalue weighted by molar-refractivity contribution is -0.308. The van der Waals surface area contributed by atoms with Crippen LogP contribution < -0.4 is 4.90 Å². The second-order valence-corrected chi connectivity index (χ2v) is 10.5. The van der Waals surface area contributed by atoms with Crippen LogP contribution in [0.2, 0.25) is 0 Å². The van der Waals surface area contributed by atoms with Crippen molar-refractivity contribution in [2.24, 2.45) is 0 Å². The summed E-state index contributed by atoms with van der Waals surface area (Å²) in [6, 6.07) is 3.09. The Bertz CT molecular complexity index is 1040. The summed E-state index contributed by atoms with van der Waals surface area (Å²) in [7, 11) is 0. The number of hydrogen-bond acceptors (Lipinski definition) is 4. The van der Waals surface area contributed by atoms with Gasteiger partial charge in [0, 0.05) is 56.8 Å². The molecule has 0 aliphatic carbocycles. The van der Waals surface area contributed by atoms with Crippen LogP contribution in [-0.4, -0.2) is 78.5 Å². The lowest BCUT2D eigenvalue weighted by Gasteiger charge is -2.47. The van der Waals surface area contributed by atoms with Gasteiger partial charge < -0.3 is 14.5 Å². The van der Waals surface area contributed by atoms with Gasteiger partial charge in [0.15, 0.2) is 0 Å². The molecule has 2 fully saturated rings. The fraction of sp³-hybridized carbons (Fsp3) is 0.720. The first-order valence-electron chi connectivity index (χ1n) is 12.8. The zero-order chi connectivity index (χ0) is 31.0. The predicted octanol–water partition coefficient (Wildman–Crippen LogP) is 7.25. The standard InChI is InChI=1S/C25H30F11N3O2/c1-3-39(21(2)6-10-38(11-7-21)20(40)41-19(24(31,32)33)25(34,35)36)15-16-4-5-17(23(28,29)30)14-18(16)37-12-8-22(26,27)9-13-37/h4-5,14,19H,3,6-13,15H2,1-2H3. The van der Waals surface area contributed by atoms with Crippen LogP contribution >= 0.6 is 0 Å². The number of anilines is 1. The van der Waals surface area contributed by atoms with Crippen molar-refractivity contribution in [3.8, 4) is 0 Å². The van der Waals surface area contributed by atoms with E-state index in [1.807, 2.05) is 4.90 Å². The van der Waals surface area contributed by atoms with Crippen LogP contribution in [0.3, 0.4) is 0 Å². The minimum absolute atomic E-state index is 0.0853. The molecule has 2 saturated heterocycles. The number of amides is 1. The number of ether oxygens (including phenoxy) is 1. The molecule has 0 atom stereocenters. The highest BCUT2D eigenvalue weighted by atomic mass is 19.4.